The Bertz CT molecular complexity index is 638. The van der Waals surface area contributed by atoms with E-state index in [1.165, 1.54) is 5.56 Å². The van der Waals surface area contributed by atoms with Crippen molar-refractivity contribution in [2.75, 3.05) is 33.9 Å². The van der Waals surface area contributed by atoms with Crippen LogP contribution in [0.15, 0.2) is 36.7 Å². The van der Waals surface area contributed by atoms with Gasteiger partial charge >= 0.3 is 0 Å². The van der Waals surface area contributed by atoms with Crippen LogP contribution in [0.4, 0.5) is 0 Å². The Morgan fingerprint density at radius 3 is 2.96 bits per heavy atom. The van der Waals surface area contributed by atoms with Gasteiger partial charge in [-0.2, -0.15) is 5.10 Å². The van der Waals surface area contributed by atoms with Gasteiger partial charge in [-0.1, -0.05) is 6.07 Å². The van der Waals surface area contributed by atoms with Gasteiger partial charge < -0.3 is 19.1 Å². The number of hydrogen-bond acceptors (Lipinski definition) is 5. The van der Waals surface area contributed by atoms with Gasteiger partial charge in [-0.25, -0.2) is 4.68 Å². The summed E-state index contributed by atoms with van der Waals surface area (Å²) in [5.74, 6) is 0.828. The number of benzene rings is 1. The predicted octanol–water partition coefficient (Wildman–Crippen LogP) is 2.47. The molecule has 0 saturated carbocycles. The second-order valence-electron chi connectivity index (χ2n) is 6.05. The molecule has 1 aliphatic heterocycles. The second-order valence-corrected chi connectivity index (χ2v) is 6.05. The molecular weight excluding hydrogens is 306 g/mol. The van der Waals surface area contributed by atoms with Gasteiger partial charge in [0.15, 0.2) is 6.29 Å². The minimum atomic E-state index is -0.0549. The lowest BCUT2D eigenvalue weighted by Crippen LogP contribution is -2.29. The van der Waals surface area contributed by atoms with E-state index < -0.39 is 0 Å². The van der Waals surface area contributed by atoms with E-state index in [1.807, 2.05) is 35.1 Å². The minimum absolute atomic E-state index is 0.0549. The van der Waals surface area contributed by atoms with Crippen LogP contribution < -0.4 is 4.74 Å². The third kappa shape index (κ3) is 4.56. The van der Waals surface area contributed by atoms with Gasteiger partial charge in [0.1, 0.15) is 5.75 Å². The topological polar surface area (TPSA) is 48.8 Å². The first-order chi connectivity index (χ1) is 11.7. The number of hydrogen-bond donors (Lipinski definition) is 0. The maximum atomic E-state index is 5.59. The Morgan fingerprint density at radius 1 is 1.33 bits per heavy atom. The van der Waals surface area contributed by atoms with Gasteiger partial charge in [0.25, 0.3) is 0 Å². The molecule has 1 saturated heterocycles. The van der Waals surface area contributed by atoms with E-state index in [9.17, 15) is 0 Å². The van der Waals surface area contributed by atoms with E-state index in [0.717, 1.165) is 50.6 Å². The molecule has 0 unspecified atom stereocenters. The van der Waals surface area contributed by atoms with Crippen LogP contribution in [0.3, 0.4) is 0 Å². The molecule has 0 atom stereocenters. The lowest BCUT2D eigenvalue weighted by Gasteiger charge is -2.25. The fourth-order valence-corrected chi connectivity index (χ4v) is 2.76. The molecule has 0 bridgehead atoms. The van der Waals surface area contributed by atoms with Gasteiger partial charge in [-0.05, 0) is 25.6 Å². The molecule has 24 heavy (non-hydrogen) atoms. The van der Waals surface area contributed by atoms with Gasteiger partial charge in [0, 0.05) is 37.3 Å². The second kappa shape index (κ2) is 8.28. The van der Waals surface area contributed by atoms with Gasteiger partial charge in [0.2, 0.25) is 0 Å². The van der Waals surface area contributed by atoms with Crippen molar-refractivity contribution >= 4 is 0 Å². The number of aromatic nitrogens is 2. The van der Waals surface area contributed by atoms with Crippen molar-refractivity contribution < 1.29 is 14.2 Å². The summed E-state index contributed by atoms with van der Waals surface area (Å²) in [5, 5.41) is 4.45. The highest BCUT2D eigenvalue weighted by Crippen LogP contribution is 2.17. The zero-order valence-electron chi connectivity index (χ0n) is 14.4. The molecule has 1 fully saturated rings. The third-order valence-electron chi connectivity index (χ3n) is 4.05. The maximum absolute atomic E-state index is 5.59. The summed E-state index contributed by atoms with van der Waals surface area (Å²) in [6.45, 7) is 3.38. The highest BCUT2D eigenvalue weighted by molar-refractivity contribution is 5.38. The molecule has 0 amide bonds. The molecule has 0 radical (unpaired) electrons. The van der Waals surface area contributed by atoms with Gasteiger partial charge in [0.05, 0.1) is 32.2 Å². The Balaban J connectivity index is 1.53. The molecule has 1 aromatic carbocycles. The van der Waals surface area contributed by atoms with E-state index in [1.54, 1.807) is 7.11 Å². The van der Waals surface area contributed by atoms with E-state index in [0.29, 0.717) is 0 Å². The molecule has 3 rings (SSSR count). The molecular formula is C18H25N3O3. The van der Waals surface area contributed by atoms with Crippen molar-refractivity contribution in [3.8, 4) is 11.4 Å². The zero-order chi connectivity index (χ0) is 16.8. The summed E-state index contributed by atoms with van der Waals surface area (Å²) in [4.78, 5) is 2.26. The monoisotopic (exact) mass is 331 g/mol. The zero-order valence-corrected chi connectivity index (χ0v) is 14.4. The van der Waals surface area contributed by atoms with Crippen LogP contribution >= 0.6 is 0 Å². The normalized spacial score (nSPS) is 15.8. The Hall–Kier alpha value is -1.89. The van der Waals surface area contributed by atoms with E-state index >= 15 is 0 Å². The van der Waals surface area contributed by atoms with Crippen LogP contribution in [0.1, 0.15) is 18.4 Å². The van der Waals surface area contributed by atoms with E-state index in [4.69, 9.17) is 14.2 Å². The Labute approximate surface area is 142 Å². The molecule has 2 aromatic rings. The van der Waals surface area contributed by atoms with Crippen molar-refractivity contribution in [1.82, 2.24) is 14.7 Å². The van der Waals surface area contributed by atoms with Crippen LogP contribution in [0.2, 0.25) is 0 Å². The van der Waals surface area contributed by atoms with Crippen LogP contribution in [0.5, 0.6) is 5.75 Å². The lowest BCUT2D eigenvalue weighted by atomic mass is 10.3. The molecule has 130 valence electrons. The Kier molecular flexibility index (Phi) is 5.85. The minimum Gasteiger partial charge on any atom is -0.497 e. The summed E-state index contributed by atoms with van der Waals surface area (Å²) >= 11 is 0. The highest BCUT2D eigenvalue weighted by atomic mass is 16.7. The molecule has 0 aliphatic carbocycles. The van der Waals surface area contributed by atoms with Crippen molar-refractivity contribution in [2.24, 2.45) is 0 Å². The molecule has 0 N–H and O–H groups in total. The smallest absolute Gasteiger partial charge is 0.158 e. The fraction of sp³-hybridized carbons (Fsp3) is 0.500. The van der Waals surface area contributed by atoms with Crippen LogP contribution in [0.25, 0.3) is 5.69 Å². The number of rotatable bonds is 7. The number of methoxy groups -OCH3 is 1. The molecule has 1 aromatic heterocycles. The average Bonchev–Trinajstić information content (AvgIpc) is 3.09. The van der Waals surface area contributed by atoms with Gasteiger partial charge in [-0.15, -0.1) is 0 Å². The molecule has 6 heteroatoms. The van der Waals surface area contributed by atoms with Crippen LogP contribution in [-0.4, -0.2) is 54.9 Å². The van der Waals surface area contributed by atoms with E-state index in [2.05, 4.69) is 23.2 Å². The van der Waals surface area contributed by atoms with Crippen LogP contribution in [0, 0.1) is 0 Å². The van der Waals surface area contributed by atoms with Crippen molar-refractivity contribution in [2.45, 2.75) is 25.7 Å². The summed E-state index contributed by atoms with van der Waals surface area (Å²) < 4.78 is 18.3. The first-order valence-electron chi connectivity index (χ1n) is 8.34. The Morgan fingerprint density at radius 2 is 2.17 bits per heavy atom. The summed E-state index contributed by atoms with van der Waals surface area (Å²) in [6.07, 6.45) is 5.79. The molecule has 2 heterocycles. The molecule has 6 nitrogen and oxygen atoms in total. The van der Waals surface area contributed by atoms with Crippen molar-refractivity contribution in [3.63, 3.8) is 0 Å². The van der Waals surface area contributed by atoms with Crippen LogP contribution in [-0.2, 0) is 16.0 Å². The van der Waals surface area contributed by atoms with Crippen molar-refractivity contribution in [3.05, 3.63) is 42.2 Å². The fourth-order valence-electron chi connectivity index (χ4n) is 2.76. The first kappa shape index (κ1) is 17.0. The van der Waals surface area contributed by atoms with Gasteiger partial charge in [-0.3, -0.25) is 0 Å². The number of ether oxygens (including phenoxy) is 3. The highest BCUT2D eigenvalue weighted by Gasteiger charge is 2.15. The largest absolute Gasteiger partial charge is 0.497 e. The SMILES string of the molecule is COc1cccc(-n2cc(CN(C)CCC3OCCCO3)cn2)c1. The summed E-state index contributed by atoms with van der Waals surface area (Å²) in [5.41, 5.74) is 2.16. The summed E-state index contributed by atoms with van der Waals surface area (Å²) in [6, 6.07) is 7.88. The number of nitrogens with zero attached hydrogens (tertiary/aromatic N) is 3. The quantitative estimate of drug-likeness (QED) is 0.780. The standard InChI is InChI=1S/C18H25N3O3/c1-20(8-7-18-23-9-4-10-24-18)13-15-12-19-21(14-15)16-5-3-6-17(11-16)22-2/h3,5-6,11-12,14,18H,4,7-10,13H2,1-2H3. The van der Waals surface area contributed by atoms with E-state index in [-0.39, 0.29) is 6.29 Å². The third-order valence-corrected chi connectivity index (χ3v) is 4.05. The lowest BCUT2D eigenvalue weighted by molar-refractivity contribution is -0.182. The van der Waals surface area contributed by atoms with Crippen molar-refractivity contribution in [1.29, 1.82) is 0 Å². The predicted molar refractivity (Wildman–Crippen MR) is 91.4 cm³/mol. The summed E-state index contributed by atoms with van der Waals surface area (Å²) in [7, 11) is 3.77. The maximum Gasteiger partial charge on any atom is 0.158 e. The molecule has 0 spiro atoms. The average molecular weight is 331 g/mol. The molecule has 1 aliphatic rings. The first-order valence-corrected chi connectivity index (χ1v) is 8.34.